The Hall–Kier alpha value is -0.0700. The Balaban J connectivity index is 1.83. The second-order valence-electron chi connectivity index (χ2n) is 3.39. The Morgan fingerprint density at radius 3 is 3.19 bits per heavy atom. The molecule has 88 valence electrons. The van der Waals surface area contributed by atoms with Gasteiger partial charge in [0, 0.05) is 35.1 Å². The third kappa shape index (κ3) is 3.75. The molecule has 1 N–H and O–H groups in total. The van der Waals surface area contributed by atoms with Gasteiger partial charge in [-0.1, -0.05) is 0 Å². The van der Waals surface area contributed by atoms with E-state index in [1.807, 2.05) is 24.1 Å². The van der Waals surface area contributed by atoms with Crippen LogP contribution in [-0.2, 0) is 0 Å². The highest BCUT2D eigenvalue weighted by molar-refractivity contribution is 8.06. The zero-order valence-electron chi connectivity index (χ0n) is 9.18. The van der Waals surface area contributed by atoms with E-state index in [2.05, 4.69) is 27.0 Å². The Bertz CT molecular complexity index is 329. The summed E-state index contributed by atoms with van der Waals surface area (Å²) < 4.78 is 0. The lowest BCUT2D eigenvalue weighted by molar-refractivity contribution is 0.972. The Labute approximate surface area is 109 Å². The van der Waals surface area contributed by atoms with Crippen LogP contribution in [0.15, 0.2) is 17.4 Å². The Morgan fingerprint density at radius 1 is 1.50 bits per heavy atom. The van der Waals surface area contributed by atoms with Gasteiger partial charge >= 0.3 is 0 Å². The van der Waals surface area contributed by atoms with E-state index in [-0.39, 0.29) is 0 Å². The molecule has 0 radical (unpaired) electrons. The van der Waals surface area contributed by atoms with E-state index in [1.165, 1.54) is 17.3 Å². The van der Waals surface area contributed by atoms with Crippen molar-refractivity contribution < 1.29 is 0 Å². The van der Waals surface area contributed by atoms with Crippen LogP contribution in [0.25, 0.3) is 0 Å². The second kappa shape index (κ2) is 6.61. The van der Waals surface area contributed by atoms with Gasteiger partial charge in [-0.25, -0.2) is 9.97 Å². The van der Waals surface area contributed by atoms with E-state index in [9.17, 15) is 0 Å². The van der Waals surface area contributed by atoms with Crippen molar-refractivity contribution in [3.63, 3.8) is 0 Å². The van der Waals surface area contributed by atoms with E-state index < -0.39 is 0 Å². The number of hydrogen-bond acceptors (Lipinski definition) is 6. The first-order valence-corrected chi connectivity index (χ1v) is 8.60. The number of hydrogen-bond donors (Lipinski definition) is 1. The van der Waals surface area contributed by atoms with E-state index >= 15 is 0 Å². The van der Waals surface area contributed by atoms with E-state index in [4.69, 9.17) is 0 Å². The Kier molecular flexibility index (Phi) is 5.12. The molecule has 0 saturated carbocycles. The zero-order valence-corrected chi connectivity index (χ0v) is 11.6. The predicted molar refractivity (Wildman–Crippen MR) is 75.9 cm³/mol. The molecule has 1 aromatic heterocycles. The summed E-state index contributed by atoms with van der Waals surface area (Å²) in [5, 5.41) is 5.12. The molecule has 1 atom stereocenters. The van der Waals surface area contributed by atoms with Crippen LogP contribution >= 0.6 is 35.3 Å². The highest BCUT2D eigenvalue weighted by Crippen LogP contribution is 2.24. The first-order valence-electron chi connectivity index (χ1n) is 5.18. The normalized spacial score (nSPS) is 20.7. The summed E-state index contributed by atoms with van der Waals surface area (Å²) in [6.07, 6.45) is 3.65. The molecule has 1 saturated heterocycles. The summed E-state index contributed by atoms with van der Waals surface area (Å²) in [7, 11) is 0. The van der Waals surface area contributed by atoms with Crippen LogP contribution < -0.4 is 5.32 Å². The minimum absolute atomic E-state index is 0.714. The van der Waals surface area contributed by atoms with Gasteiger partial charge in [0.1, 0.15) is 17.2 Å². The lowest BCUT2D eigenvalue weighted by atomic mass is 10.4. The average molecular weight is 273 g/mol. The van der Waals surface area contributed by atoms with Crippen molar-refractivity contribution in [3.05, 3.63) is 12.4 Å². The molecule has 0 aliphatic carbocycles. The fourth-order valence-electron chi connectivity index (χ4n) is 1.42. The molecule has 0 spiro atoms. The maximum absolute atomic E-state index is 4.22. The summed E-state index contributed by atoms with van der Waals surface area (Å²) in [5.41, 5.74) is 0. The number of anilines is 1. The van der Waals surface area contributed by atoms with Crippen LogP contribution in [0.4, 0.5) is 5.82 Å². The van der Waals surface area contributed by atoms with Crippen molar-refractivity contribution in [2.75, 3.05) is 35.4 Å². The maximum atomic E-state index is 4.22. The fourth-order valence-corrected chi connectivity index (χ4v) is 4.41. The second-order valence-corrected chi connectivity index (χ2v) is 6.78. The minimum atomic E-state index is 0.714. The lowest BCUT2D eigenvalue weighted by Crippen LogP contribution is -2.23. The van der Waals surface area contributed by atoms with E-state index in [1.54, 1.807) is 18.1 Å². The largest absolute Gasteiger partial charge is 0.369 e. The molecule has 16 heavy (non-hydrogen) atoms. The summed E-state index contributed by atoms with van der Waals surface area (Å²) >= 11 is 5.75. The third-order valence-corrected chi connectivity index (χ3v) is 5.73. The number of aromatic nitrogens is 2. The molecular formula is C10H15N3S3. The van der Waals surface area contributed by atoms with Gasteiger partial charge in [-0.2, -0.15) is 23.5 Å². The van der Waals surface area contributed by atoms with Crippen LogP contribution in [0.3, 0.4) is 0 Å². The molecule has 1 fully saturated rings. The average Bonchev–Trinajstić information content (AvgIpc) is 2.38. The van der Waals surface area contributed by atoms with Crippen molar-refractivity contribution in [1.29, 1.82) is 0 Å². The van der Waals surface area contributed by atoms with Gasteiger partial charge in [0.25, 0.3) is 0 Å². The molecular weight excluding hydrogens is 258 g/mol. The lowest BCUT2D eigenvalue weighted by Gasteiger charge is -2.21. The van der Waals surface area contributed by atoms with Gasteiger partial charge in [0.15, 0.2) is 0 Å². The summed E-state index contributed by atoms with van der Waals surface area (Å²) in [5.74, 6) is 4.76. The monoisotopic (exact) mass is 273 g/mol. The third-order valence-electron chi connectivity index (χ3n) is 2.25. The predicted octanol–water partition coefficient (Wildman–Crippen LogP) is 2.46. The van der Waals surface area contributed by atoms with Gasteiger partial charge in [-0.15, -0.1) is 11.8 Å². The molecule has 0 aromatic carbocycles. The van der Waals surface area contributed by atoms with Gasteiger partial charge in [0.05, 0.1) is 0 Å². The number of nitrogens with zero attached hydrogens (tertiary/aromatic N) is 2. The molecule has 0 amide bonds. The van der Waals surface area contributed by atoms with Crippen LogP contribution in [0.2, 0.25) is 0 Å². The first-order chi connectivity index (χ1) is 7.88. The van der Waals surface area contributed by atoms with E-state index in [0.717, 1.165) is 17.4 Å². The Morgan fingerprint density at radius 2 is 2.44 bits per heavy atom. The molecule has 2 heterocycles. The van der Waals surface area contributed by atoms with Gasteiger partial charge in [-0.05, 0) is 6.26 Å². The minimum Gasteiger partial charge on any atom is -0.369 e. The van der Waals surface area contributed by atoms with Crippen molar-refractivity contribution in [2.24, 2.45) is 0 Å². The molecule has 2 rings (SSSR count). The highest BCUT2D eigenvalue weighted by atomic mass is 32.2. The number of thioether (sulfide) groups is 3. The van der Waals surface area contributed by atoms with Crippen molar-refractivity contribution >= 4 is 41.1 Å². The molecule has 1 aromatic rings. The first kappa shape index (κ1) is 12.4. The smallest absolute Gasteiger partial charge is 0.130 e. The highest BCUT2D eigenvalue weighted by Gasteiger charge is 2.13. The van der Waals surface area contributed by atoms with Gasteiger partial charge < -0.3 is 5.32 Å². The van der Waals surface area contributed by atoms with Crippen LogP contribution in [-0.4, -0.2) is 45.3 Å². The number of nitrogens with one attached hydrogen (secondary N) is 1. The van der Waals surface area contributed by atoms with Gasteiger partial charge in [0.2, 0.25) is 0 Å². The van der Waals surface area contributed by atoms with Crippen LogP contribution in [0.1, 0.15) is 0 Å². The quantitative estimate of drug-likeness (QED) is 0.671. The zero-order chi connectivity index (χ0) is 11.2. The standard InChI is InChI=1S/C10H15N3S3/c1-14-10-4-9(12-7-13-10)11-5-8-6-15-2-3-16-8/h4,7-8H,2-3,5-6H2,1H3,(H,11,12,13). The topological polar surface area (TPSA) is 37.8 Å². The number of rotatable bonds is 4. The SMILES string of the molecule is CSc1cc(NCC2CSCCS2)ncn1. The van der Waals surface area contributed by atoms with Crippen LogP contribution in [0.5, 0.6) is 0 Å². The van der Waals surface area contributed by atoms with Gasteiger partial charge in [-0.3, -0.25) is 0 Å². The van der Waals surface area contributed by atoms with Crippen molar-refractivity contribution in [2.45, 2.75) is 10.3 Å². The molecule has 3 nitrogen and oxygen atoms in total. The maximum Gasteiger partial charge on any atom is 0.130 e. The van der Waals surface area contributed by atoms with Crippen LogP contribution in [0, 0.1) is 0 Å². The molecule has 1 aliphatic rings. The molecule has 6 heteroatoms. The summed E-state index contributed by atoms with van der Waals surface area (Å²) in [6.45, 7) is 1.00. The van der Waals surface area contributed by atoms with Crippen molar-refractivity contribution in [1.82, 2.24) is 9.97 Å². The fraction of sp³-hybridized carbons (Fsp3) is 0.600. The summed E-state index contributed by atoms with van der Waals surface area (Å²) in [4.78, 5) is 8.38. The van der Waals surface area contributed by atoms with E-state index in [0.29, 0.717) is 5.25 Å². The molecule has 1 unspecified atom stereocenters. The van der Waals surface area contributed by atoms with Crippen molar-refractivity contribution in [3.8, 4) is 0 Å². The summed E-state index contributed by atoms with van der Waals surface area (Å²) in [6, 6.07) is 2.01. The molecule has 1 aliphatic heterocycles. The molecule has 0 bridgehead atoms.